The molecular formula is C21H26F2N4O2. The Labute approximate surface area is 169 Å². The number of likely N-dealkylation sites (tertiary alicyclic amines) is 1. The molecule has 2 aromatic rings. The Hall–Kier alpha value is -2.61. The number of nitrogens with zero attached hydrogens (tertiary/aromatic N) is 3. The Morgan fingerprint density at radius 3 is 2.55 bits per heavy atom. The molecule has 1 N–H and O–H groups in total. The minimum Gasteiger partial charge on any atom is -0.444 e. The van der Waals surface area contributed by atoms with Gasteiger partial charge in [-0.05, 0) is 39.7 Å². The fraction of sp³-hybridized carbons (Fsp3) is 0.476. The van der Waals surface area contributed by atoms with Gasteiger partial charge in [-0.1, -0.05) is 6.07 Å². The SMILES string of the molecule is CC(C)(C)OC(=O)N1CCC(NC(c2cnccn2)c2ccc(F)cc2F)CC1. The first kappa shape index (κ1) is 21.1. The molecule has 1 amide bonds. The maximum absolute atomic E-state index is 14.5. The third-order valence-corrected chi connectivity index (χ3v) is 4.70. The fourth-order valence-corrected chi connectivity index (χ4v) is 3.32. The average Bonchev–Trinajstić information content (AvgIpc) is 2.66. The molecule has 0 bridgehead atoms. The molecule has 0 radical (unpaired) electrons. The lowest BCUT2D eigenvalue weighted by molar-refractivity contribution is 0.0196. The molecule has 1 aromatic carbocycles. The molecule has 0 saturated carbocycles. The summed E-state index contributed by atoms with van der Waals surface area (Å²) in [5, 5.41) is 3.41. The molecule has 8 heteroatoms. The minimum absolute atomic E-state index is 0.0325. The van der Waals surface area contributed by atoms with Crippen molar-refractivity contribution in [2.24, 2.45) is 0 Å². The van der Waals surface area contributed by atoms with Gasteiger partial charge in [0.25, 0.3) is 0 Å². The highest BCUT2D eigenvalue weighted by molar-refractivity contribution is 5.68. The highest BCUT2D eigenvalue weighted by Crippen LogP contribution is 2.26. The van der Waals surface area contributed by atoms with Gasteiger partial charge in [0.1, 0.15) is 17.2 Å². The van der Waals surface area contributed by atoms with Crippen molar-refractivity contribution in [3.63, 3.8) is 0 Å². The zero-order chi connectivity index (χ0) is 21.0. The summed E-state index contributed by atoms with van der Waals surface area (Å²) in [5.74, 6) is -1.27. The quantitative estimate of drug-likeness (QED) is 0.839. The van der Waals surface area contributed by atoms with Gasteiger partial charge in [0.05, 0.1) is 17.9 Å². The van der Waals surface area contributed by atoms with Crippen molar-refractivity contribution in [2.75, 3.05) is 13.1 Å². The Balaban J connectivity index is 1.71. The van der Waals surface area contributed by atoms with Gasteiger partial charge < -0.3 is 15.0 Å². The van der Waals surface area contributed by atoms with E-state index in [4.69, 9.17) is 4.74 Å². The maximum atomic E-state index is 14.5. The van der Waals surface area contributed by atoms with Gasteiger partial charge in [-0.3, -0.25) is 9.97 Å². The number of nitrogens with one attached hydrogen (secondary N) is 1. The summed E-state index contributed by atoms with van der Waals surface area (Å²) in [5.41, 5.74) is 0.317. The summed E-state index contributed by atoms with van der Waals surface area (Å²) in [6.45, 7) is 6.57. The van der Waals surface area contributed by atoms with Crippen molar-refractivity contribution in [3.05, 3.63) is 59.7 Å². The molecule has 1 saturated heterocycles. The first-order valence-corrected chi connectivity index (χ1v) is 9.68. The van der Waals surface area contributed by atoms with Crippen LogP contribution in [0.4, 0.5) is 13.6 Å². The monoisotopic (exact) mass is 404 g/mol. The number of benzene rings is 1. The van der Waals surface area contributed by atoms with Crippen molar-refractivity contribution in [1.82, 2.24) is 20.2 Å². The van der Waals surface area contributed by atoms with Crippen LogP contribution in [-0.4, -0.2) is 45.7 Å². The van der Waals surface area contributed by atoms with Crippen LogP contribution in [0.3, 0.4) is 0 Å². The molecule has 29 heavy (non-hydrogen) atoms. The molecule has 1 aliphatic heterocycles. The summed E-state index contributed by atoms with van der Waals surface area (Å²) in [7, 11) is 0. The van der Waals surface area contributed by atoms with Crippen LogP contribution in [0.15, 0.2) is 36.8 Å². The van der Waals surface area contributed by atoms with Crippen molar-refractivity contribution in [2.45, 2.75) is 51.3 Å². The predicted octanol–water partition coefficient (Wildman–Crippen LogP) is 3.83. The van der Waals surface area contributed by atoms with E-state index in [1.807, 2.05) is 20.8 Å². The molecule has 0 spiro atoms. The van der Waals surface area contributed by atoms with E-state index in [0.29, 0.717) is 37.2 Å². The number of ether oxygens (including phenoxy) is 1. The van der Waals surface area contributed by atoms with E-state index in [1.54, 1.807) is 17.3 Å². The first-order valence-electron chi connectivity index (χ1n) is 9.68. The number of piperidine rings is 1. The smallest absolute Gasteiger partial charge is 0.410 e. The predicted molar refractivity (Wildman–Crippen MR) is 104 cm³/mol. The lowest BCUT2D eigenvalue weighted by Gasteiger charge is -2.35. The number of aromatic nitrogens is 2. The summed E-state index contributed by atoms with van der Waals surface area (Å²) < 4.78 is 33.3. The highest BCUT2D eigenvalue weighted by Gasteiger charge is 2.29. The Morgan fingerprint density at radius 2 is 1.97 bits per heavy atom. The molecule has 1 fully saturated rings. The number of hydrogen-bond donors (Lipinski definition) is 1. The third kappa shape index (κ3) is 5.69. The molecule has 1 aromatic heterocycles. The lowest BCUT2D eigenvalue weighted by Crippen LogP contribution is -2.47. The van der Waals surface area contributed by atoms with E-state index in [9.17, 15) is 13.6 Å². The number of rotatable bonds is 4. The molecule has 6 nitrogen and oxygen atoms in total. The van der Waals surface area contributed by atoms with Gasteiger partial charge in [-0.25, -0.2) is 13.6 Å². The number of amides is 1. The van der Waals surface area contributed by atoms with Crippen molar-refractivity contribution in [3.8, 4) is 0 Å². The van der Waals surface area contributed by atoms with Crippen LogP contribution in [0, 0.1) is 11.6 Å². The van der Waals surface area contributed by atoms with E-state index < -0.39 is 23.3 Å². The van der Waals surface area contributed by atoms with Gasteiger partial charge in [0, 0.05) is 43.2 Å². The second kappa shape index (κ2) is 8.82. The van der Waals surface area contributed by atoms with Gasteiger partial charge >= 0.3 is 6.09 Å². The summed E-state index contributed by atoms with van der Waals surface area (Å²) >= 11 is 0. The normalized spacial score (nSPS) is 16.5. The van der Waals surface area contributed by atoms with Gasteiger partial charge in [-0.15, -0.1) is 0 Å². The standard InChI is InChI=1S/C21H26F2N4O2/c1-21(2,3)29-20(28)27-10-6-15(7-11-27)26-19(18-13-24-8-9-25-18)16-5-4-14(22)12-17(16)23/h4-5,8-9,12-13,15,19,26H,6-7,10-11H2,1-3H3. The molecule has 1 aliphatic rings. The van der Waals surface area contributed by atoms with Gasteiger partial charge in [-0.2, -0.15) is 0 Å². The van der Waals surface area contributed by atoms with E-state index in [-0.39, 0.29) is 12.1 Å². The molecule has 1 unspecified atom stereocenters. The maximum Gasteiger partial charge on any atom is 0.410 e. The lowest BCUT2D eigenvalue weighted by atomic mass is 9.98. The zero-order valence-electron chi connectivity index (χ0n) is 16.9. The number of halogens is 2. The van der Waals surface area contributed by atoms with E-state index in [2.05, 4.69) is 15.3 Å². The van der Waals surface area contributed by atoms with Crippen LogP contribution in [0.2, 0.25) is 0 Å². The number of hydrogen-bond acceptors (Lipinski definition) is 5. The van der Waals surface area contributed by atoms with E-state index in [0.717, 1.165) is 6.07 Å². The van der Waals surface area contributed by atoms with Crippen LogP contribution >= 0.6 is 0 Å². The van der Waals surface area contributed by atoms with Crippen molar-refractivity contribution >= 4 is 6.09 Å². The fourth-order valence-electron chi connectivity index (χ4n) is 3.32. The molecular weight excluding hydrogens is 378 g/mol. The Morgan fingerprint density at radius 1 is 1.24 bits per heavy atom. The van der Waals surface area contributed by atoms with E-state index >= 15 is 0 Å². The van der Waals surface area contributed by atoms with Crippen molar-refractivity contribution < 1.29 is 18.3 Å². The molecule has 0 aliphatic carbocycles. The molecule has 3 rings (SSSR count). The minimum atomic E-state index is -0.639. The second-order valence-corrected chi connectivity index (χ2v) is 8.14. The largest absolute Gasteiger partial charge is 0.444 e. The average molecular weight is 404 g/mol. The number of carbonyl (C=O) groups is 1. The topological polar surface area (TPSA) is 67.3 Å². The van der Waals surface area contributed by atoms with Crippen LogP contribution < -0.4 is 5.32 Å². The van der Waals surface area contributed by atoms with Crippen LogP contribution in [0.25, 0.3) is 0 Å². The Bertz CT molecular complexity index is 834. The van der Waals surface area contributed by atoms with E-state index in [1.165, 1.54) is 18.3 Å². The van der Waals surface area contributed by atoms with Crippen molar-refractivity contribution in [1.29, 1.82) is 0 Å². The summed E-state index contributed by atoms with van der Waals surface area (Å²) in [6, 6.07) is 2.99. The summed E-state index contributed by atoms with van der Waals surface area (Å²) in [6.07, 6.45) is 5.68. The number of carbonyl (C=O) groups excluding carboxylic acids is 1. The molecule has 156 valence electrons. The van der Waals surface area contributed by atoms with Gasteiger partial charge in [0.15, 0.2) is 0 Å². The third-order valence-electron chi connectivity index (χ3n) is 4.70. The van der Waals surface area contributed by atoms with Crippen LogP contribution in [-0.2, 0) is 4.74 Å². The summed E-state index contributed by atoms with van der Waals surface area (Å²) in [4.78, 5) is 22.3. The van der Waals surface area contributed by atoms with Crippen LogP contribution in [0.1, 0.15) is 50.9 Å². The first-order chi connectivity index (χ1) is 13.7. The Kier molecular flexibility index (Phi) is 6.42. The highest BCUT2D eigenvalue weighted by atomic mass is 19.1. The van der Waals surface area contributed by atoms with Crippen LogP contribution in [0.5, 0.6) is 0 Å². The second-order valence-electron chi connectivity index (χ2n) is 8.14. The molecule has 2 heterocycles. The zero-order valence-corrected chi connectivity index (χ0v) is 16.9. The van der Waals surface area contributed by atoms with Gasteiger partial charge in [0.2, 0.25) is 0 Å². The molecule has 1 atom stereocenters.